The first kappa shape index (κ1) is 34.0. The van der Waals surface area contributed by atoms with E-state index in [9.17, 15) is 14.4 Å². The zero-order valence-corrected chi connectivity index (χ0v) is 27.1. The molecule has 0 aliphatic carbocycles. The van der Waals surface area contributed by atoms with E-state index in [0.29, 0.717) is 17.8 Å². The molecule has 3 rings (SSSR count). The van der Waals surface area contributed by atoms with Gasteiger partial charge in [-0.2, -0.15) is 12.6 Å². The fourth-order valence-corrected chi connectivity index (χ4v) is 5.21. The average Bonchev–Trinajstić information content (AvgIpc) is 2.96. The Morgan fingerprint density at radius 2 is 1.53 bits per heavy atom. The lowest BCUT2D eigenvalue weighted by molar-refractivity contribution is -0.140. The van der Waals surface area contributed by atoms with Gasteiger partial charge in [-0.1, -0.05) is 99.2 Å². The van der Waals surface area contributed by atoms with E-state index in [2.05, 4.69) is 30.2 Å². The number of rotatable bonds is 14. The number of carbonyl (C=O) groups excluding carboxylic acids is 3. The van der Waals surface area contributed by atoms with Crippen LogP contribution >= 0.6 is 12.6 Å². The van der Waals surface area contributed by atoms with Gasteiger partial charge in [0.05, 0.1) is 0 Å². The molecule has 0 saturated heterocycles. The van der Waals surface area contributed by atoms with Crippen molar-refractivity contribution >= 4 is 47.0 Å². The third kappa shape index (κ3) is 10.6. The maximum Gasteiger partial charge on any atom is 0.408 e. The highest BCUT2D eigenvalue weighted by atomic mass is 32.1. The number of carbonyl (C=O) groups is 3. The topological polar surface area (TPSA) is 87.7 Å². The Morgan fingerprint density at radius 3 is 2.19 bits per heavy atom. The predicted octanol–water partition coefficient (Wildman–Crippen LogP) is 7.84. The second-order valence-corrected chi connectivity index (χ2v) is 12.4. The molecule has 0 saturated carbocycles. The molecule has 232 valence electrons. The summed E-state index contributed by atoms with van der Waals surface area (Å²) in [5.41, 5.74) is 1.66. The van der Waals surface area contributed by atoms with Crippen LogP contribution in [0.5, 0.6) is 0 Å². The summed E-state index contributed by atoms with van der Waals surface area (Å²) in [5, 5.41) is 7.82. The molecule has 3 aromatic rings. The number of hydrogen-bond acceptors (Lipinski definition) is 5. The highest BCUT2D eigenvalue weighted by Crippen LogP contribution is 2.27. The number of aryl methyl sites for hydroxylation is 1. The van der Waals surface area contributed by atoms with Gasteiger partial charge in [0.25, 0.3) is 5.91 Å². The minimum Gasteiger partial charge on any atom is -0.444 e. The smallest absolute Gasteiger partial charge is 0.408 e. The summed E-state index contributed by atoms with van der Waals surface area (Å²) in [5.74, 6) is -0.653. The van der Waals surface area contributed by atoms with Gasteiger partial charge in [0.2, 0.25) is 5.91 Å². The third-order valence-electron chi connectivity index (χ3n) is 7.18. The molecule has 7 nitrogen and oxygen atoms in total. The van der Waals surface area contributed by atoms with Crippen molar-refractivity contribution in [3.63, 3.8) is 0 Å². The van der Waals surface area contributed by atoms with Gasteiger partial charge in [0.1, 0.15) is 17.7 Å². The first-order valence-electron chi connectivity index (χ1n) is 15.3. The summed E-state index contributed by atoms with van der Waals surface area (Å²) in [6.45, 7) is 9.80. The minimum absolute atomic E-state index is 0.0536. The number of hydrogen-bond donors (Lipinski definition) is 3. The molecule has 43 heavy (non-hydrogen) atoms. The molecule has 0 spiro atoms. The second-order valence-electron chi connectivity index (χ2n) is 12.0. The first-order valence-corrected chi connectivity index (χ1v) is 15.9. The molecule has 0 radical (unpaired) electrons. The zero-order valence-electron chi connectivity index (χ0n) is 26.2. The number of nitrogens with one attached hydrogen (secondary N) is 2. The lowest BCUT2D eigenvalue weighted by Gasteiger charge is -2.34. The molecular formula is C35H47N3O4S. The summed E-state index contributed by atoms with van der Waals surface area (Å²) in [4.78, 5) is 42.6. The molecule has 8 heteroatoms. The van der Waals surface area contributed by atoms with Crippen molar-refractivity contribution in [2.75, 3.05) is 17.6 Å². The Labute approximate surface area is 262 Å². The van der Waals surface area contributed by atoms with Crippen molar-refractivity contribution in [1.29, 1.82) is 0 Å². The van der Waals surface area contributed by atoms with Crippen molar-refractivity contribution in [3.05, 3.63) is 77.9 Å². The predicted molar refractivity (Wildman–Crippen MR) is 179 cm³/mol. The van der Waals surface area contributed by atoms with Crippen LogP contribution < -0.4 is 10.6 Å². The van der Waals surface area contributed by atoms with Crippen LogP contribution in [0, 0.1) is 6.92 Å². The van der Waals surface area contributed by atoms with Gasteiger partial charge in [-0.15, -0.1) is 0 Å². The van der Waals surface area contributed by atoms with Crippen LogP contribution in [-0.2, 0) is 14.3 Å². The average molecular weight is 606 g/mol. The van der Waals surface area contributed by atoms with E-state index >= 15 is 0 Å². The molecule has 3 aromatic carbocycles. The maximum atomic E-state index is 14.2. The number of ether oxygens (including phenoxy) is 1. The quantitative estimate of drug-likeness (QED) is 0.129. The normalized spacial score (nSPS) is 12.8. The fraction of sp³-hybridized carbons (Fsp3) is 0.457. The van der Waals surface area contributed by atoms with Gasteiger partial charge in [-0.05, 0) is 62.6 Å². The summed E-state index contributed by atoms with van der Waals surface area (Å²) in [7, 11) is 0. The summed E-state index contributed by atoms with van der Waals surface area (Å²) >= 11 is 4.40. The number of fused-ring (bicyclic) bond motifs is 1. The first-order chi connectivity index (χ1) is 20.5. The monoisotopic (exact) mass is 605 g/mol. The largest absolute Gasteiger partial charge is 0.444 e. The van der Waals surface area contributed by atoms with Gasteiger partial charge in [0.15, 0.2) is 0 Å². The van der Waals surface area contributed by atoms with Gasteiger partial charge in [-0.25, -0.2) is 4.79 Å². The molecule has 2 N–H and O–H groups in total. The highest BCUT2D eigenvalue weighted by molar-refractivity contribution is 7.80. The summed E-state index contributed by atoms with van der Waals surface area (Å²) < 4.78 is 5.42. The minimum atomic E-state index is -0.973. The van der Waals surface area contributed by atoms with Crippen molar-refractivity contribution in [2.45, 2.75) is 90.8 Å². The molecule has 0 heterocycles. The van der Waals surface area contributed by atoms with Crippen molar-refractivity contribution in [2.24, 2.45) is 0 Å². The van der Waals surface area contributed by atoms with Crippen molar-refractivity contribution < 1.29 is 19.1 Å². The Morgan fingerprint density at radius 1 is 0.884 bits per heavy atom. The van der Waals surface area contributed by atoms with Gasteiger partial charge in [-0.3, -0.25) is 9.59 Å². The molecule has 2 unspecified atom stereocenters. The van der Waals surface area contributed by atoms with E-state index in [0.717, 1.165) is 48.4 Å². The van der Waals surface area contributed by atoms with E-state index in [1.165, 1.54) is 6.42 Å². The number of thiol groups is 1. The van der Waals surface area contributed by atoms with Gasteiger partial charge >= 0.3 is 6.09 Å². The van der Waals surface area contributed by atoms with Gasteiger partial charge < -0.3 is 20.3 Å². The fourth-order valence-electron chi connectivity index (χ4n) is 4.96. The van der Waals surface area contributed by atoms with Crippen LogP contribution in [0.25, 0.3) is 10.8 Å². The number of anilines is 1. The van der Waals surface area contributed by atoms with E-state index in [4.69, 9.17) is 4.74 Å². The zero-order chi connectivity index (χ0) is 31.4. The third-order valence-corrected chi connectivity index (χ3v) is 7.54. The molecule has 3 amide bonds. The van der Waals surface area contributed by atoms with Crippen molar-refractivity contribution in [3.8, 4) is 0 Å². The van der Waals surface area contributed by atoms with Crippen LogP contribution in [0.3, 0.4) is 0 Å². The summed E-state index contributed by atoms with van der Waals surface area (Å²) in [6, 6.07) is 19.5. The number of nitrogens with zero attached hydrogens (tertiary/aromatic N) is 1. The van der Waals surface area contributed by atoms with E-state index in [-0.39, 0.29) is 17.6 Å². The Balaban J connectivity index is 1.95. The maximum absolute atomic E-state index is 14.2. The number of benzene rings is 3. The number of amides is 3. The number of alkyl carbamates (subject to hydrolysis) is 1. The van der Waals surface area contributed by atoms with E-state index < -0.39 is 23.8 Å². The van der Waals surface area contributed by atoms with E-state index in [1.807, 2.05) is 73.7 Å². The second kappa shape index (κ2) is 16.4. The molecule has 2 atom stereocenters. The Hall–Kier alpha value is -3.52. The molecule has 0 aliphatic heterocycles. The molecule has 0 fully saturated rings. The van der Waals surface area contributed by atoms with Crippen LogP contribution in [0.4, 0.5) is 10.5 Å². The van der Waals surface area contributed by atoms with Crippen LogP contribution in [0.1, 0.15) is 83.4 Å². The van der Waals surface area contributed by atoms with Gasteiger partial charge in [0, 0.05) is 18.0 Å². The van der Waals surface area contributed by atoms with Crippen LogP contribution in [-0.4, -0.2) is 46.7 Å². The molecule has 0 aliphatic rings. The summed E-state index contributed by atoms with van der Waals surface area (Å²) in [6.07, 6.45) is 5.47. The van der Waals surface area contributed by atoms with E-state index in [1.54, 1.807) is 25.7 Å². The highest BCUT2D eigenvalue weighted by Gasteiger charge is 2.35. The van der Waals surface area contributed by atoms with Crippen LogP contribution in [0.15, 0.2) is 66.7 Å². The Kier molecular flexibility index (Phi) is 12.9. The Bertz CT molecular complexity index is 1350. The number of unbranched alkanes of at least 4 members (excludes halogenated alkanes) is 5. The SMILES string of the molecule is CCCCCCCCN(C(=O)C(CS)NC(=O)OC(C)(C)C)C(C(=O)Nc1ccc2ccccc2c1)c1ccc(C)cc1. The molecular weight excluding hydrogens is 558 g/mol. The molecule has 0 aromatic heterocycles. The molecule has 0 bridgehead atoms. The lowest BCUT2D eigenvalue weighted by Crippen LogP contribution is -2.53. The lowest BCUT2D eigenvalue weighted by atomic mass is 10.0. The van der Waals surface area contributed by atoms with Crippen LogP contribution in [0.2, 0.25) is 0 Å². The standard InChI is InChI=1S/C35H47N3O4S/c1-6-7-8-9-10-13-22-38(33(40)30(24-43)37-34(41)42-35(3,4)5)31(27-18-16-25(2)17-19-27)32(39)36-29-21-20-26-14-11-12-15-28(26)23-29/h11-12,14-21,23,30-31,43H,6-10,13,22,24H2,1-5H3,(H,36,39)(H,37,41). The van der Waals surface area contributed by atoms with Crippen molar-refractivity contribution in [1.82, 2.24) is 10.2 Å².